The smallest absolute Gasteiger partial charge is 0.328 e. The van der Waals surface area contributed by atoms with E-state index in [2.05, 4.69) is 10.5 Å². The zero-order valence-corrected chi connectivity index (χ0v) is 21.2. The van der Waals surface area contributed by atoms with Gasteiger partial charge in [0.1, 0.15) is 24.7 Å². The molecule has 188 valence electrons. The van der Waals surface area contributed by atoms with Crippen LogP contribution in [0.1, 0.15) is 11.1 Å². The molecular formula is C27H27ClN2O6. The van der Waals surface area contributed by atoms with Gasteiger partial charge in [-0.2, -0.15) is 0 Å². The molecule has 0 aliphatic carbocycles. The number of oxime groups is 1. The number of halogens is 1. The van der Waals surface area contributed by atoms with Crippen molar-refractivity contribution >= 4 is 29.2 Å². The van der Waals surface area contributed by atoms with Crippen LogP contribution in [0, 0.1) is 0 Å². The molecule has 1 amide bonds. The van der Waals surface area contributed by atoms with E-state index in [0.717, 1.165) is 16.7 Å². The molecule has 0 aromatic heterocycles. The minimum absolute atomic E-state index is 0.00156. The number of hydrogen-bond donors (Lipinski definition) is 1. The summed E-state index contributed by atoms with van der Waals surface area (Å²) in [6.07, 6.45) is 0.197. The van der Waals surface area contributed by atoms with Crippen LogP contribution in [0.4, 0.5) is 0 Å². The second-order valence-electron chi connectivity index (χ2n) is 7.62. The van der Waals surface area contributed by atoms with Crippen molar-refractivity contribution in [2.45, 2.75) is 12.5 Å². The van der Waals surface area contributed by atoms with Crippen molar-refractivity contribution < 1.29 is 28.6 Å². The molecule has 0 saturated heterocycles. The molecule has 8 nitrogen and oxygen atoms in total. The molecule has 3 aromatic rings. The molecule has 0 fully saturated rings. The molecule has 0 spiro atoms. The van der Waals surface area contributed by atoms with Crippen LogP contribution in [-0.2, 0) is 25.6 Å². The molecule has 3 rings (SSSR count). The quantitative estimate of drug-likeness (QED) is 0.248. The Kier molecular flexibility index (Phi) is 9.30. The highest BCUT2D eigenvalue weighted by molar-refractivity contribution is 6.45. The van der Waals surface area contributed by atoms with Crippen molar-refractivity contribution in [1.29, 1.82) is 0 Å². The zero-order valence-electron chi connectivity index (χ0n) is 20.4. The summed E-state index contributed by atoms with van der Waals surface area (Å²) >= 11 is 5.95. The lowest BCUT2D eigenvalue weighted by Gasteiger charge is -2.18. The van der Waals surface area contributed by atoms with Crippen LogP contribution in [0.25, 0.3) is 11.1 Å². The normalized spacial score (nSPS) is 11.9. The number of esters is 1. The van der Waals surface area contributed by atoms with E-state index in [1.165, 1.54) is 14.2 Å². The first-order valence-electron chi connectivity index (χ1n) is 11.0. The average Bonchev–Trinajstić information content (AvgIpc) is 2.91. The second kappa shape index (κ2) is 12.6. The Morgan fingerprint density at radius 3 is 2.03 bits per heavy atom. The Morgan fingerprint density at radius 1 is 0.889 bits per heavy atom. The van der Waals surface area contributed by atoms with Crippen LogP contribution in [-0.4, -0.2) is 52.1 Å². The Morgan fingerprint density at radius 2 is 1.50 bits per heavy atom. The molecule has 0 saturated carbocycles. The number of benzene rings is 3. The molecule has 0 unspecified atom stereocenters. The Bertz CT molecular complexity index is 1200. The minimum atomic E-state index is -0.955. The van der Waals surface area contributed by atoms with Gasteiger partial charge >= 0.3 is 5.97 Å². The minimum Gasteiger partial charge on any atom is -0.496 e. The number of carbonyl (C=O) groups is 2. The lowest BCUT2D eigenvalue weighted by atomic mass is 9.99. The standard InChI is InChI=1S/C27H27ClN2O6/c1-33-22-6-5-7-23(34-2)24(22)18-10-8-17(9-11-18)16-21(27(32)35-3)29-26(31)25(30-36-4)19-12-14-20(28)15-13-19/h5-15,21H,16H2,1-4H3,(H,29,31)/t21-/m0/s1. The maximum absolute atomic E-state index is 13.0. The summed E-state index contributed by atoms with van der Waals surface area (Å²) in [5.74, 6) is 0.166. The van der Waals surface area contributed by atoms with Gasteiger partial charge in [-0.15, -0.1) is 0 Å². The van der Waals surface area contributed by atoms with Gasteiger partial charge in [-0.1, -0.05) is 59.2 Å². The number of methoxy groups -OCH3 is 3. The highest BCUT2D eigenvalue weighted by Crippen LogP contribution is 2.38. The van der Waals surface area contributed by atoms with E-state index < -0.39 is 17.9 Å². The van der Waals surface area contributed by atoms with Crippen LogP contribution in [0.5, 0.6) is 11.5 Å². The molecule has 9 heteroatoms. The summed E-state index contributed by atoms with van der Waals surface area (Å²) in [6.45, 7) is 0. The van der Waals surface area contributed by atoms with E-state index in [1.807, 2.05) is 42.5 Å². The van der Waals surface area contributed by atoms with Crippen molar-refractivity contribution in [3.8, 4) is 22.6 Å². The number of nitrogens with zero attached hydrogens (tertiary/aromatic N) is 1. The molecule has 0 heterocycles. The van der Waals surface area contributed by atoms with Gasteiger partial charge in [0.05, 0.1) is 26.9 Å². The van der Waals surface area contributed by atoms with Crippen molar-refractivity contribution in [1.82, 2.24) is 5.32 Å². The van der Waals surface area contributed by atoms with Gasteiger partial charge in [0, 0.05) is 17.0 Å². The maximum atomic E-state index is 13.0. The first-order valence-corrected chi connectivity index (χ1v) is 11.4. The molecule has 1 N–H and O–H groups in total. The van der Waals surface area contributed by atoms with Gasteiger partial charge in [-0.05, 0) is 35.4 Å². The fourth-order valence-electron chi connectivity index (χ4n) is 3.67. The van der Waals surface area contributed by atoms with Gasteiger partial charge in [-0.3, -0.25) is 4.79 Å². The van der Waals surface area contributed by atoms with E-state index in [4.69, 9.17) is 30.6 Å². The maximum Gasteiger partial charge on any atom is 0.328 e. The predicted molar refractivity (Wildman–Crippen MR) is 138 cm³/mol. The average molecular weight is 511 g/mol. The lowest BCUT2D eigenvalue weighted by molar-refractivity contribution is -0.144. The topological polar surface area (TPSA) is 95.5 Å². The van der Waals surface area contributed by atoms with Gasteiger partial charge in [-0.25, -0.2) is 4.79 Å². The summed E-state index contributed by atoms with van der Waals surface area (Å²) in [5, 5.41) is 7.04. The molecule has 0 bridgehead atoms. The Balaban J connectivity index is 1.83. The van der Waals surface area contributed by atoms with E-state index in [0.29, 0.717) is 22.1 Å². The summed E-state index contributed by atoms with van der Waals surface area (Å²) in [5.41, 5.74) is 2.98. The largest absolute Gasteiger partial charge is 0.496 e. The zero-order chi connectivity index (χ0) is 26.1. The number of ether oxygens (including phenoxy) is 3. The molecular weight excluding hydrogens is 484 g/mol. The third kappa shape index (κ3) is 6.34. The van der Waals surface area contributed by atoms with Gasteiger partial charge in [0.15, 0.2) is 5.71 Å². The van der Waals surface area contributed by atoms with Crippen molar-refractivity contribution in [2.24, 2.45) is 5.16 Å². The van der Waals surface area contributed by atoms with Gasteiger partial charge < -0.3 is 24.4 Å². The van der Waals surface area contributed by atoms with Gasteiger partial charge in [0.25, 0.3) is 5.91 Å². The predicted octanol–water partition coefficient (Wildman–Crippen LogP) is 4.28. The van der Waals surface area contributed by atoms with Gasteiger partial charge in [0.2, 0.25) is 0 Å². The first-order chi connectivity index (χ1) is 17.4. The molecule has 1 atom stereocenters. The van der Waals surface area contributed by atoms with E-state index in [-0.39, 0.29) is 12.1 Å². The fourth-order valence-corrected chi connectivity index (χ4v) is 3.79. The summed E-state index contributed by atoms with van der Waals surface area (Å²) in [7, 11) is 5.80. The monoisotopic (exact) mass is 510 g/mol. The van der Waals surface area contributed by atoms with Crippen LogP contribution < -0.4 is 14.8 Å². The fraction of sp³-hybridized carbons (Fsp3) is 0.222. The molecule has 0 aliphatic rings. The molecule has 3 aromatic carbocycles. The summed E-state index contributed by atoms with van der Waals surface area (Å²) < 4.78 is 15.9. The third-order valence-corrected chi connectivity index (χ3v) is 5.67. The molecule has 36 heavy (non-hydrogen) atoms. The number of rotatable bonds is 10. The lowest BCUT2D eigenvalue weighted by Crippen LogP contribution is -2.46. The van der Waals surface area contributed by atoms with Crippen LogP contribution in [0.15, 0.2) is 71.9 Å². The molecule has 0 radical (unpaired) electrons. The van der Waals surface area contributed by atoms with Crippen LogP contribution in [0.2, 0.25) is 5.02 Å². The molecule has 0 aliphatic heterocycles. The Labute approximate surface area is 214 Å². The van der Waals surface area contributed by atoms with Crippen molar-refractivity contribution in [3.63, 3.8) is 0 Å². The second-order valence-corrected chi connectivity index (χ2v) is 8.05. The highest BCUT2D eigenvalue weighted by Gasteiger charge is 2.26. The summed E-state index contributed by atoms with van der Waals surface area (Å²) in [6, 6.07) is 18.7. The van der Waals surface area contributed by atoms with E-state index in [9.17, 15) is 9.59 Å². The number of carbonyl (C=O) groups excluding carboxylic acids is 2. The van der Waals surface area contributed by atoms with E-state index in [1.54, 1.807) is 38.5 Å². The summed E-state index contributed by atoms with van der Waals surface area (Å²) in [4.78, 5) is 30.4. The highest BCUT2D eigenvalue weighted by atomic mass is 35.5. The number of hydrogen-bond acceptors (Lipinski definition) is 7. The Hall–Kier alpha value is -4.04. The third-order valence-electron chi connectivity index (χ3n) is 5.42. The van der Waals surface area contributed by atoms with E-state index >= 15 is 0 Å². The van der Waals surface area contributed by atoms with Crippen molar-refractivity contribution in [3.05, 3.63) is 82.9 Å². The van der Waals surface area contributed by atoms with Crippen molar-refractivity contribution in [2.75, 3.05) is 28.4 Å². The first kappa shape index (κ1) is 26.6. The van der Waals surface area contributed by atoms with Crippen LogP contribution >= 0.6 is 11.6 Å². The van der Waals surface area contributed by atoms with Crippen LogP contribution in [0.3, 0.4) is 0 Å². The number of amides is 1. The number of nitrogens with one attached hydrogen (secondary N) is 1. The SMILES string of the molecule is CON=C(C(=O)N[C@@H](Cc1ccc(-c2c(OC)cccc2OC)cc1)C(=O)OC)c1ccc(Cl)cc1.